The molecular formula is C14H10BrF3O. The van der Waals surface area contributed by atoms with Gasteiger partial charge in [-0.3, -0.25) is 0 Å². The molecule has 0 atom stereocenters. The fraction of sp³-hybridized carbons (Fsp3) is 0.143. The molecule has 0 aliphatic heterocycles. The molecule has 0 saturated heterocycles. The molecule has 2 rings (SSSR count). The first-order valence-corrected chi connectivity index (χ1v) is 6.62. The molecule has 2 aromatic rings. The van der Waals surface area contributed by atoms with Crippen LogP contribution in [0.1, 0.15) is 11.1 Å². The van der Waals surface area contributed by atoms with E-state index in [1.165, 1.54) is 18.2 Å². The number of benzene rings is 2. The predicted molar refractivity (Wildman–Crippen MR) is 70.6 cm³/mol. The number of alkyl halides is 4. The third-order valence-electron chi connectivity index (χ3n) is 2.53. The summed E-state index contributed by atoms with van der Waals surface area (Å²) in [6.45, 7) is 0. The van der Waals surface area contributed by atoms with Gasteiger partial charge < -0.3 is 4.74 Å². The lowest BCUT2D eigenvalue weighted by atomic mass is 10.2. The van der Waals surface area contributed by atoms with Gasteiger partial charge in [-0.05, 0) is 18.2 Å². The van der Waals surface area contributed by atoms with E-state index in [-0.39, 0.29) is 5.75 Å². The summed E-state index contributed by atoms with van der Waals surface area (Å²) in [5.74, 6) is 0.222. The number of para-hydroxylation sites is 2. The van der Waals surface area contributed by atoms with Crippen LogP contribution < -0.4 is 4.74 Å². The molecule has 0 aliphatic rings. The summed E-state index contributed by atoms with van der Waals surface area (Å²) in [6, 6.07) is 12.1. The van der Waals surface area contributed by atoms with Crippen LogP contribution in [-0.2, 0) is 11.5 Å². The molecular weight excluding hydrogens is 321 g/mol. The van der Waals surface area contributed by atoms with Crippen LogP contribution in [-0.4, -0.2) is 0 Å². The molecule has 0 saturated carbocycles. The largest absolute Gasteiger partial charge is 0.456 e. The molecule has 0 heterocycles. The van der Waals surface area contributed by atoms with Gasteiger partial charge in [-0.15, -0.1) is 0 Å². The van der Waals surface area contributed by atoms with Crippen LogP contribution in [0.4, 0.5) is 13.2 Å². The number of rotatable bonds is 3. The average molecular weight is 331 g/mol. The van der Waals surface area contributed by atoms with Crippen LogP contribution in [0, 0.1) is 0 Å². The lowest BCUT2D eigenvalue weighted by Gasteiger charge is -2.14. The predicted octanol–water partition coefficient (Wildman–Crippen LogP) is 5.39. The van der Waals surface area contributed by atoms with Gasteiger partial charge in [0.15, 0.2) is 0 Å². The van der Waals surface area contributed by atoms with Crippen LogP contribution in [0.15, 0.2) is 48.5 Å². The van der Waals surface area contributed by atoms with E-state index in [0.717, 1.165) is 11.6 Å². The minimum Gasteiger partial charge on any atom is -0.456 e. The van der Waals surface area contributed by atoms with Crippen molar-refractivity contribution in [3.05, 3.63) is 59.7 Å². The molecule has 0 aliphatic carbocycles. The minimum atomic E-state index is -4.43. The summed E-state index contributed by atoms with van der Waals surface area (Å²) >= 11 is 3.28. The first-order chi connectivity index (χ1) is 9.02. The summed E-state index contributed by atoms with van der Waals surface area (Å²) in [4.78, 5) is 0. The van der Waals surface area contributed by atoms with Gasteiger partial charge in [0.2, 0.25) is 0 Å². The van der Waals surface area contributed by atoms with Crippen molar-refractivity contribution in [2.75, 3.05) is 0 Å². The molecule has 0 fully saturated rings. The van der Waals surface area contributed by atoms with E-state index in [2.05, 4.69) is 15.9 Å². The van der Waals surface area contributed by atoms with E-state index in [1.54, 1.807) is 24.3 Å². The summed E-state index contributed by atoms with van der Waals surface area (Å²) < 4.78 is 43.9. The average Bonchev–Trinajstić information content (AvgIpc) is 2.39. The van der Waals surface area contributed by atoms with Gasteiger partial charge in [0.05, 0.1) is 5.56 Å². The van der Waals surface area contributed by atoms with Crippen molar-refractivity contribution in [1.29, 1.82) is 0 Å². The Morgan fingerprint density at radius 2 is 1.47 bits per heavy atom. The highest BCUT2D eigenvalue weighted by Gasteiger charge is 2.34. The number of hydrogen-bond acceptors (Lipinski definition) is 1. The maximum Gasteiger partial charge on any atom is 0.419 e. The van der Waals surface area contributed by atoms with Gasteiger partial charge >= 0.3 is 6.18 Å². The van der Waals surface area contributed by atoms with Crippen molar-refractivity contribution in [3.63, 3.8) is 0 Å². The Morgan fingerprint density at radius 3 is 2.11 bits per heavy atom. The molecule has 0 amide bonds. The van der Waals surface area contributed by atoms with Crippen molar-refractivity contribution in [2.24, 2.45) is 0 Å². The van der Waals surface area contributed by atoms with E-state index in [1.807, 2.05) is 0 Å². The molecule has 100 valence electrons. The molecule has 0 radical (unpaired) electrons. The Morgan fingerprint density at radius 1 is 0.895 bits per heavy atom. The summed E-state index contributed by atoms with van der Waals surface area (Å²) in [7, 11) is 0. The fourth-order valence-corrected chi connectivity index (χ4v) is 2.09. The van der Waals surface area contributed by atoms with E-state index in [4.69, 9.17) is 4.74 Å². The third-order valence-corrected chi connectivity index (χ3v) is 3.13. The van der Waals surface area contributed by atoms with Crippen molar-refractivity contribution in [3.8, 4) is 11.5 Å². The van der Waals surface area contributed by atoms with Crippen LogP contribution in [0.3, 0.4) is 0 Å². The molecule has 0 aromatic heterocycles. The van der Waals surface area contributed by atoms with E-state index in [9.17, 15) is 13.2 Å². The number of halogens is 4. The second-order valence-corrected chi connectivity index (χ2v) is 4.40. The van der Waals surface area contributed by atoms with Gasteiger partial charge in [-0.1, -0.05) is 46.3 Å². The van der Waals surface area contributed by atoms with E-state index < -0.39 is 11.7 Å². The molecule has 1 nitrogen and oxygen atoms in total. The van der Waals surface area contributed by atoms with Crippen LogP contribution in [0.5, 0.6) is 11.5 Å². The molecule has 0 N–H and O–H groups in total. The number of hydrogen-bond donors (Lipinski definition) is 0. The van der Waals surface area contributed by atoms with Crippen LogP contribution in [0.2, 0.25) is 0 Å². The Bertz CT molecular complexity index is 567. The molecule has 0 unspecified atom stereocenters. The second-order valence-electron chi connectivity index (χ2n) is 3.84. The zero-order valence-corrected chi connectivity index (χ0v) is 11.3. The molecule has 19 heavy (non-hydrogen) atoms. The summed E-state index contributed by atoms with van der Waals surface area (Å²) in [5.41, 5.74) is 0.0128. The Hall–Kier alpha value is -1.49. The van der Waals surface area contributed by atoms with Gasteiger partial charge in [-0.25, -0.2) is 0 Å². The first kappa shape index (κ1) is 13.9. The third kappa shape index (κ3) is 3.29. The normalized spacial score (nSPS) is 11.4. The molecule has 2 aromatic carbocycles. The van der Waals surface area contributed by atoms with Crippen LogP contribution >= 0.6 is 15.9 Å². The highest BCUT2D eigenvalue weighted by Crippen LogP contribution is 2.38. The zero-order chi connectivity index (χ0) is 13.9. The quantitative estimate of drug-likeness (QED) is 0.685. The van der Waals surface area contributed by atoms with E-state index >= 15 is 0 Å². The second kappa shape index (κ2) is 5.65. The highest BCUT2D eigenvalue weighted by atomic mass is 79.9. The van der Waals surface area contributed by atoms with Gasteiger partial charge in [-0.2, -0.15) is 13.2 Å². The van der Waals surface area contributed by atoms with Gasteiger partial charge in [0.25, 0.3) is 0 Å². The summed E-state index contributed by atoms with van der Waals surface area (Å²) in [6.07, 6.45) is -4.43. The number of ether oxygens (including phenoxy) is 1. The Labute approximate surface area is 117 Å². The maximum absolute atomic E-state index is 12.8. The molecule has 5 heteroatoms. The van der Waals surface area contributed by atoms with Crippen LogP contribution in [0.25, 0.3) is 0 Å². The standard InChI is InChI=1S/C14H10BrF3O/c15-9-10-5-1-3-7-12(10)19-13-8-4-2-6-11(13)14(16,17)18/h1-8H,9H2. The first-order valence-electron chi connectivity index (χ1n) is 5.50. The van der Waals surface area contributed by atoms with E-state index in [0.29, 0.717) is 11.1 Å². The van der Waals surface area contributed by atoms with Crippen molar-refractivity contribution in [1.82, 2.24) is 0 Å². The van der Waals surface area contributed by atoms with Crippen molar-refractivity contribution < 1.29 is 17.9 Å². The fourth-order valence-electron chi connectivity index (χ4n) is 1.62. The van der Waals surface area contributed by atoms with Gasteiger partial charge in [0.1, 0.15) is 11.5 Å². The summed E-state index contributed by atoms with van der Waals surface area (Å²) in [5, 5.41) is 0.511. The van der Waals surface area contributed by atoms with Crippen molar-refractivity contribution >= 4 is 15.9 Å². The zero-order valence-electron chi connectivity index (χ0n) is 9.75. The Balaban J connectivity index is 2.39. The Kier molecular flexibility index (Phi) is 4.14. The highest BCUT2D eigenvalue weighted by molar-refractivity contribution is 9.08. The lowest BCUT2D eigenvalue weighted by Crippen LogP contribution is -2.07. The smallest absolute Gasteiger partial charge is 0.419 e. The minimum absolute atomic E-state index is 0.191. The molecule has 0 bridgehead atoms. The topological polar surface area (TPSA) is 9.23 Å². The molecule has 0 spiro atoms. The lowest BCUT2D eigenvalue weighted by molar-refractivity contribution is -0.138. The monoisotopic (exact) mass is 330 g/mol. The SMILES string of the molecule is FC(F)(F)c1ccccc1Oc1ccccc1CBr. The van der Waals surface area contributed by atoms with Gasteiger partial charge in [0, 0.05) is 10.9 Å². The maximum atomic E-state index is 12.8. The van der Waals surface area contributed by atoms with Crippen molar-refractivity contribution in [2.45, 2.75) is 11.5 Å².